The molecule has 0 amide bonds. The van der Waals surface area contributed by atoms with E-state index < -0.39 is 8.32 Å². The van der Waals surface area contributed by atoms with E-state index in [1.54, 1.807) is 0 Å². The van der Waals surface area contributed by atoms with Crippen LogP contribution in [0.4, 0.5) is 0 Å². The van der Waals surface area contributed by atoms with Crippen LogP contribution < -0.4 is 0 Å². The molecule has 0 N–H and O–H groups in total. The van der Waals surface area contributed by atoms with Gasteiger partial charge in [0, 0.05) is 11.1 Å². The van der Waals surface area contributed by atoms with Crippen LogP contribution in [0.25, 0.3) is 11.3 Å². The van der Waals surface area contributed by atoms with Crippen LogP contribution in [0, 0.1) is 41.5 Å². The molecular formula is C29H36OSi. The summed E-state index contributed by atoms with van der Waals surface area (Å²) in [5.74, 6) is 1.00. The first-order chi connectivity index (χ1) is 14.5. The summed E-state index contributed by atoms with van der Waals surface area (Å²) in [6.45, 7) is 20.0. The Balaban J connectivity index is 2.54. The smallest absolute Gasteiger partial charge is 0.242 e. The van der Waals surface area contributed by atoms with Crippen LogP contribution in [0.2, 0.25) is 19.6 Å². The fraction of sp³-hybridized carbons (Fsp3) is 0.310. The van der Waals surface area contributed by atoms with Crippen molar-refractivity contribution in [1.29, 1.82) is 0 Å². The van der Waals surface area contributed by atoms with Gasteiger partial charge in [-0.15, -0.1) is 0 Å². The fourth-order valence-electron chi connectivity index (χ4n) is 4.65. The number of hydrogen-bond donors (Lipinski definition) is 0. The van der Waals surface area contributed by atoms with Gasteiger partial charge < -0.3 is 4.43 Å². The molecule has 162 valence electrons. The second-order valence-electron chi connectivity index (χ2n) is 9.83. The second kappa shape index (κ2) is 8.88. The van der Waals surface area contributed by atoms with Crippen LogP contribution in [0.1, 0.15) is 50.1 Å². The predicted molar refractivity (Wildman–Crippen MR) is 138 cm³/mol. The van der Waals surface area contributed by atoms with E-state index in [-0.39, 0.29) is 0 Å². The van der Waals surface area contributed by atoms with E-state index in [0.717, 1.165) is 11.3 Å². The average molecular weight is 429 g/mol. The Bertz CT molecular complexity index is 1030. The monoisotopic (exact) mass is 428 g/mol. The van der Waals surface area contributed by atoms with Gasteiger partial charge in [0.1, 0.15) is 5.76 Å². The van der Waals surface area contributed by atoms with Gasteiger partial charge in [-0.2, -0.15) is 0 Å². The molecule has 2 heteroatoms. The molecule has 0 spiro atoms. The van der Waals surface area contributed by atoms with Crippen molar-refractivity contribution in [2.75, 3.05) is 0 Å². The molecule has 0 bridgehead atoms. The molecular weight excluding hydrogens is 392 g/mol. The summed E-state index contributed by atoms with van der Waals surface area (Å²) in [4.78, 5) is 0. The maximum Gasteiger partial charge on any atom is 0.242 e. The molecule has 0 aromatic heterocycles. The van der Waals surface area contributed by atoms with Gasteiger partial charge >= 0.3 is 0 Å². The highest BCUT2D eigenvalue weighted by Crippen LogP contribution is 2.41. The molecule has 3 aromatic carbocycles. The third kappa shape index (κ3) is 5.19. The van der Waals surface area contributed by atoms with E-state index in [9.17, 15) is 0 Å². The molecule has 0 aliphatic rings. The first-order valence-corrected chi connectivity index (χ1v) is 14.5. The lowest BCUT2D eigenvalue weighted by Crippen LogP contribution is -2.25. The summed E-state index contributed by atoms with van der Waals surface area (Å²) >= 11 is 0. The van der Waals surface area contributed by atoms with Crippen LogP contribution in [-0.2, 0) is 4.43 Å². The summed E-state index contributed by atoms with van der Waals surface area (Å²) in [5, 5.41) is 0. The lowest BCUT2D eigenvalue weighted by Gasteiger charge is -2.28. The Morgan fingerprint density at radius 3 is 1.35 bits per heavy atom. The topological polar surface area (TPSA) is 9.23 Å². The molecule has 0 fully saturated rings. The van der Waals surface area contributed by atoms with E-state index in [0.29, 0.717) is 0 Å². The van der Waals surface area contributed by atoms with Gasteiger partial charge in [0.2, 0.25) is 8.32 Å². The van der Waals surface area contributed by atoms with Crippen molar-refractivity contribution in [3.8, 4) is 0 Å². The van der Waals surface area contributed by atoms with Gasteiger partial charge in [-0.1, -0.05) is 65.7 Å². The maximum atomic E-state index is 6.89. The molecule has 3 aromatic rings. The standard InChI is InChI=1S/C29H36OSi/c1-19-15-21(3)26(22(4)16-19)28(27-23(5)17-20(2)18-24(27)6)29(30-31(7,8)9)25-13-11-10-12-14-25/h10-18H,1-9H3. The first-order valence-electron chi connectivity index (χ1n) is 11.1. The number of aryl methyl sites for hydroxylation is 6. The van der Waals surface area contributed by atoms with Crippen molar-refractivity contribution in [2.24, 2.45) is 0 Å². The van der Waals surface area contributed by atoms with Crippen LogP contribution in [0.5, 0.6) is 0 Å². The van der Waals surface area contributed by atoms with Gasteiger partial charge in [-0.25, -0.2) is 0 Å². The van der Waals surface area contributed by atoms with Crippen molar-refractivity contribution in [2.45, 2.75) is 61.2 Å². The first kappa shape index (κ1) is 23.1. The minimum Gasteiger partial charge on any atom is -0.543 e. The molecule has 0 aliphatic heterocycles. The summed E-state index contributed by atoms with van der Waals surface area (Å²) < 4.78 is 6.89. The molecule has 3 rings (SSSR count). The molecule has 1 nitrogen and oxygen atoms in total. The Morgan fingerprint density at radius 1 is 0.613 bits per heavy atom. The third-order valence-corrected chi connectivity index (χ3v) is 6.34. The largest absolute Gasteiger partial charge is 0.543 e. The Hall–Kier alpha value is -2.58. The third-order valence-electron chi connectivity index (χ3n) is 5.53. The highest BCUT2D eigenvalue weighted by molar-refractivity contribution is 6.70. The Labute approximate surface area is 189 Å². The molecule has 0 unspecified atom stereocenters. The summed E-state index contributed by atoms with van der Waals surface area (Å²) in [7, 11) is -1.88. The number of rotatable bonds is 5. The molecule has 31 heavy (non-hydrogen) atoms. The zero-order valence-corrected chi connectivity index (χ0v) is 21.6. The van der Waals surface area contributed by atoms with Gasteiger partial charge in [0.05, 0.1) is 0 Å². The zero-order valence-electron chi connectivity index (χ0n) is 20.6. The van der Waals surface area contributed by atoms with E-state index in [1.807, 2.05) is 0 Å². The molecule has 0 atom stereocenters. The van der Waals surface area contributed by atoms with E-state index >= 15 is 0 Å². The van der Waals surface area contributed by atoms with Crippen molar-refractivity contribution < 1.29 is 4.43 Å². The van der Waals surface area contributed by atoms with Gasteiger partial charge in [0.25, 0.3) is 0 Å². The molecule has 0 radical (unpaired) electrons. The molecule has 0 saturated heterocycles. The van der Waals surface area contributed by atoms with Crippen molar-refractivity contribution in [3.05, 3.63) is 105 Å². The number of benzene rings is 3. The summed E-state index contributed by atoms with van der Waals surface area (Å²) in [6.07, 6.45) is 0. The molecule has 0 heterocycles. The number of hydrogen-bond acceptors (Lipinski definition) is 1. The molecule has 0 saturated carbocycles. The van der Waals surface area contributed by atoms with E-state index in [4.69, 9.17) is 4.43 Å². The lowest BCUT2D eigenvalue weighted by atomic mass is 9.83. The Kier molecular flexibility index (Phi) is 6.61. The van der Waals surface area contributed by atoms with Crippen molar-refractivity contribution >= 4 is 19.6 Å². The molecule has 0 aliphatic carbocycles. The second-order valence-corrected chi connectivity index (χ2v) is 14.3. The van der Waals surface area contributed by atoms with Crippen molar-refractivity contribution in [3.63, 3.8) is 0 Å². The highest BCUT2D eigenvalue weighted by Gasteiger charge is 2.26. The zero-order chi connectivity index (χ0) is 22.9. The summed E-state index contributed by atoms with van der Waals surface area (Å²) in [6, 6.07) is 19.8. The fourth-order valence-corrected chi connectivity index (χ4v) is 5.48. The maximum absolute atomic E-state index is 6.89. The van der Waals surface area contributed by atoms with Gasteiger partial charge in [0.15, 0.2) is 0 Å². The van der Waals surface area contributed by atoms with Gasteiger partial charge in [-0.3, -0.25) is 0 Å². The SMILES string of the molecule is Cc1cc(C)c(C(=C(O[Si](C)(C)C)c2ccccc2)c2c(C)cc(C)cc2C)c(C)c1. The van der Waals surface area contributed by atoms with Crippen LogP contribution in [0.3, 0.4) is 0 Å². The van der Waals surface area contributed by atoms with Crippen LogP contribution in [-0.4, -0.2) is 8.32 Å². The van der Waals surface area contributed by atoms with Crippen LogP contribution in [0.15, 0.2) is 54.6 Å². The lowest BCUT2D eigenvalue weighted by molar-refractivity contribution is 0.516. The van der Waals surface area contributed by atoms with E-state index in [2.05, 4.69) is 116 Å². The summed E-state index contributed by atoms with van der Waals surface area (Å²) in [5.41, 5.74) is 12.7. The van der Waals surface area contributed by atoms with Crippen molar-refractivity contribution in [1.82, 2.24) is 0 Å². The van der Waals surface area contributed by atoms with Crippen LogP contribution >= 0.6 is 0 Å². The highest BCUT2D eigenvalue weighted by atomic mass is 28.4. The average Bonchev–Trinajstić information content (AvgIpc) is 2.63. The minimum atomic E-state index is -1.88. The Morgan fingerprint density at radius 2 is 1.00 bits per heavy atom. The normalized spacial score (nSPS) is 11.4. The quantitative estimate of drug-likeness (QED) is 0.225. The van der Waals surface area contributed by atoms with Gasteiger partial charge in [-0.05, 0) is 94.6 Å². The van der Waals surface area contributed by atoms with E-state index in [1.165, 1.54) is 50.1 Å². The predicted octanol–water partition coefficient (Wildman–Crippen LogP) is 8.31. The minimum absolute atomic E-state index is 1.00.